The van der Waals surface area contributed by atoms with E-state index in [1.54, 1.807) is 54.9 Å². The van der Waals surface area contributed by atoms with Crippen molar-refractivity contribution in [3.8, 4) is 6.07 Å². The molecule has 0 spiro atoms. The number of anilines is 1. The zero-order valence-corrected chi connectivity index (χ0v) is 21.8. The number of halogens is 2. The lowest BCUT2D eigenvalue weighted by Crippen LogP contribution is -2.58. The number of hydrogen-bond acceptors (Lipinski definition) is 5. The maximum absolute atomic E-state index is 13.8. The number of hydrogen-bond donors (Lipinski definition) is 0. The van der Waals surface area contributed by atoms with Gasteiger partial charge in [-0.1, -0.05) is 24.3 Å². The molecule has 0 unspecified atom stereocenters. The van der Waals surface area contributed by atoms with Gasteiger partial charge in [0.2, 0.25) is 0 Å². The molecule has 8 heteroatoms. The molecule has 194 valence electrons. The summed E-state index contributed by atoms with van der Waals surface area (Å²) in [6.07, 6.45) is 0. The van der Waals surface area contributed by atoms with Crippen LogP contribution in [0, 0.1) is 29.9 Å². The summed E-state index contributed by atoms with van der Waals surface area (Å²) >= 11 is 0. The van der Waals surface area contributed by atoms with Gasteiger partial charge in [-0.15, -0.1) is 0 Å². The predicted octanol–water partition coefficient (Wildman–Crippen LogP) is 5.08. The third-order valence-corrected chi connectivity index (χ3v) is 7.58. The van der Waals surface area contributed by atoms with E-state index in [-0.39, 0.29) is 35.3 Å². The lowest BCUT2D eigenvalue weighted by Gasteiger charge is -2.49. The first-order chi connectivity index (χ1) is 18.2. The van der Waals surface area contributed by atoms with E-state index >= 15 is 0 Å². The minimum atomic E-state index is -0.310. The summed E-state index contributed by atoms with van der Waals surface area (Å²) in [7, 11) is 1.72. The van der Waals surface area contributed by atoms with Gasteiger partial charge in [0.15, 0.2) is 0 Å². The average molecular weight is 514 g/mol. The number of nitrogens with zero attached hydrogens (tertiary/aromatic N) is 5. The average Bonchev–Trinajstić information content (AvgIpc) is 2.91. The quantitative estimate of drug-likeness (QED) is 0.381. The van der Waals surface area contributed by atoms with Gasteiger partial charge in [-0.25, -0.2) is 13.8 Å². The zero-order chi connectivity index (χ0) is 27.1. The summed E-state index contributed by atoms with van der Waals surface area (Å²) in [5, 5.41) is 9.48. The minimum absolute atomic E-state index is 0.0175. The number of fused-ring (bicyclic) bond motifs is 1. The Bertz CT molecular complexity index is 1550. The molecule has 0 saturated carbocycles. The van der Waals surface area contributed by atoms with Crippen molar-refractivity contribution in [1.29, 1.82) is 5.26 Å². The Kier molecular flexibility index (Phi) is 6.72. The van der Waals surface area contributed by atoms with Crippen molar-refractivity contribution < 1.29 is 8.78 Å². The van der Waals surface area contributed by atoms with Gasteiger partial charge in [-0.2, -0.15) is 5.26 Å². The van der Waals surface area contributed by atoms with Crippen molar-refractivity contribution >= 4 is 16.7 Å². The third-order valence-electron chi connectivity index (χ3n) is 7.58. The highest BCUT2D eigenvalue weighted by molar-refractivity contribution is 5.90. The SMILES string of the molecule is Cc1c(N2C[C@@H](C)N(C(c3ccc(F)cc3)c3ccc(F)cc3)C[C@@H]2C)c2nc(C#N)ccc2n(C)c1=O. The molecule has 0 amide bonds. The molecule has 6 nitrogen and oxygen atoms in total. The van der Waals surface area contributed by atoms with Crippen molar-refractivity contribution in [3.05, 3.63) is 105 Å². The fourth-order valence-corrected chi connectivity index (χ4v) is 5.64. The zero-order valence-electron chi connectivity index (χ0n) is 21.8. The summed E-state index contributed by atoms with van der Waals surface area (Å²) < 4.78 is 29.1. The lowest BCUT2D eigenvalue weighted by molar-refractivity contribution is 0.130. The number of rotatable bonds is 4. The Morgan fingerprint density at radius 2 is 1.50 bits per heavy atom. The number of piperazine rings is 1. The van der Waals surface area contributed by atoms with Crippen LogP contribution >= 0.6 is 0 Å². The number of pyridine rings is 2. The van der Waals surface area contributed by atoms with E-state index in [1.807, 2.05) is 0 Å². The Balaban J connectivity index is 1.58. The van der Waals surface area contributed by atoms with E-state index in [0.29, 0.717) is 35.4 Å². The largest absolute Gasteiger partial charge is 0.364 e. The molecular formula is C30H29F2N5O. The Labute approximate surface area is 220 Å². The molecule has 0 N–H and O–H groups in total. The smallest absolute Gasteiger partial charge is 0.255 e. The van der Waals surface area contributed by atoms with E-state index in [0.717, 1.165) is 16.8 Å². The highest BCUT2D eigenvalue weighted by atomic mass is 19.1. The molecule has 0 aliphatic carbocycles. The molecule has 2 aromatic carbocycles. The maximum atomic E-state index is 13.8. The summed E-state index contributed by atoms with van der Waals surface area (Å²) in [6, 6.07) is 18.2. The van der Waals surface area contributed by atoms with Gasteiger partial charge in [-0.3, -0.25) is 9.69 Å². The number of nitriles is 1. The van der Waals surface area contributed by atoms with E-state index in [4.69, 9.17) is 0 Å². The predicted molar refractivity (Wildman–Crippen MR) is 144 cm³/mol. The molecule has 3 heterocycles. The van der Waals surface area contributed by atoms with Gasteiger partial charge in [-0.05, 0) is 68.3 Å². The van der Waals surface area contributed by atoms with E-state index in [1.165, 1.54) is 24.3 Å². The van der Waals surface area contributed by atoms with Gasteiger partial charge in [0.1, 0.15) is 28.9 Å². The number of aromatic nitrogens is 2. The monoisotopic (exact) mass is 513 g/mol. The van der Waals surface area contributed by atoms with Crippen LogP contribution in [-0.4, -0.2) is 39.6 Å². The van der Waals surface area contributed by atoms with Crippen LogP contribution in [0.3, 0.4) is 0 Å². The molecule has 38 heavy (non-hydrogen) atoms. The first kappa shape index (κ1) is 25.6. The van der Waals surface area contributed by atoms with Gasteiger partial charge in [0.25, 0.3) is 5.56 Å². The second-order valence-electron chi connectivity index (χ2n) is 10.1. The molecule has 1 saturated heterocycles. The van der Waals surface area contributed by atoms with Crippen molar-refractivity contribution in [2.45, 2.75) is 38.9 Å². The van der Waals surface area contributed by atoms with Crippen LogP contribution in [0.15, 0.2) is 65.5 Å². The molecule has 2 atom stereocenters. The van der Waals surface area contributed by atoms with Crippen LogP contribution < -0.4 is 10.5 Å². The van der Waals surface area contributed by atoms with Gasteiger partial charge in [0, 0.05) is 37.8 Å². The second kappa shape index (κ2) is 9.99. The molecule has 0 radical (unpaired) electrons. The minimum Gasteiger partial charge on any atom is -0.364 e. The molecule has 0 bridgehead atoms. The van der Waals surface area contributed by atoms with E-state index < -0.39 is 0 Å². The second-order valence-corrected chi connectivity index (χ2v) is 10.1. The van der Waals surface area contributed by atoms with Crippen LogP contribution in [0.5, 0.6) is 0 Å². The van der Waals surface area contributed by atoms with Crippen molar-refractivity contribution in [2.75, 3.05) is 18.0 Å². The highest BCUT2D eigenvalue weighted by Crippen LogP contribution is 2.37. The van der Waals surface area contributed by atoms with Gasteiger partial charge < -0.3 is 9.47 Å². The van der Waals surface area contributed by atoms with Crippen LogP contribution in [0.1, 0.15) is 42.3 Å². The van der Waals surface area contributed by atoms with Crippen LogP contribution in [0.25, 0.3) is 11.0 Å². The molecule has 2 aromatic heterocycles. The number of benzene rings is 2. The van der Waals surface area contributed by atoms with Crippen LogP contribution in [-0.2, 0) is 7.05 Å². The Morgan fingerprint density at radius 1 is 0.921 bits per heavy atom. The summed E-state index contributed by atoms with van der Waals surface area (Å²) in [5.41, 5.74) is 4.67. The van der Waals surface area contributed by atoms with Crippen molar-refractivity contribution in [1.82, 2.24) is 14.5 Å². The lowest BCUT2D eigenvalue weighted by atomic mass is 9.93. The first-order valence-electron chi connectivity index (χ1n) is 12.6. The van der Waals surface area contributed by atoms with Gasteiger partial charge >= 0.3 is 0 Å². The topological polar surface area (TPSA) is 65.2 Å². The van der Waals surface area contributed by atoms with Crippen LogP contribution in [0.4, 0.5) is 14.5 Å². The van der Waals surface area contributed by atoms with E-state index in [9.17, 15) is 18.8 Å². The molecule has 1 fully saturated rings. The van der Waals surface area contributed by atoms with Crippen molar-refractivity contribution in [3.63, 3.8) is 0 Å². The highest BCUT2D eigenvalue weighted by Gasteiger charge is 2.36. The summed E-state index contributed by atoms with van der Waals surface area (Å²) in [6.45, 7) is 7.26. The third kappa shape index (κ3) is 4.44. The standard InChI is InChI=1S/C30H29F2N5O/c1-18-17-37(29(21-5-9-23(31)10-6-21)22-7-11-24(32)12-8-22)19(2)16-36(18)28-20(3)30(38)35(4)26-14-13-25(15-33)34-27(26)28/h5-14,18-19,29H,16-17H2,1-4H3/t18-,19+/m0/s1. The van der Waals surface area contributed by atoms with E-state index in [2.05, 4.69) is 34.7 Å². The fourth-order valence-electron chi connectivity index (χ4n) is 5.64. The normalized spacial score (nSPS) is 18.2. The molecular weight excluding hydrogens is 484 g/mol. The summed E-state index contributed by atoms with van der Waals surface area (Å²) in [4.78, 5) is 22.3. The maximum Gasteiger partial charge on any atom is 0.255 e. The molecule has 4 aromatic rings. The Hall–Kier alpha value is -4.09. The van der Waals surface area contributed by atoms with Gasteiger partial charge in [0.05, 0.1) is 17.2 Å². The molecule has 1 aliphatic heterocycles. The summed E-state index contributed by atoms with van der Waals surface area (Å²) in [5.74, 6) is -0.620. The van der Waals surface area contributed by atoms with Crippen LogP contribution in [0.2, 0.25) is 0 Å². The number of aryl methyl sites for hydroxylation is 1. The molecule has 5 rings (SSSR count). The van der Waals surface area contributed by atoms with Crippen molar-refractivity contribution in [2.24, 2.45) is 7.05 Å². The fraction of sp³-hybridized carbons (Fsp3) is 0.300. The first-order valence-corrected chi connectivity index (χ1v) is 12.6. The Morgan fingerprint density at radius 3 is 2.05 bits per heavy atom. The molecule has 1 aliphatic rings.